The highest BCUT2D eigenvalue weighted by Crippen LogP contribution is 2.32. The summed E-state index contributed by atoms with van der Waals surface area (Å²) >= 11 is 6.17. The van der Waals surface area contributed by atoms with E-state index in [4.69, 9.17) is 21.1 Å². The van der Waals surface area contributed by atoms with Crippen molar-refractivity contribution in [2.45, 2.75) is 52.2 Å². The molecule has 0 aliphatic carbocycles. The molecule has 31 heavy (non-hydrogen) atoms. The largest absolute Gasteiger partial charge is 0.469 e. The van der Waals surface area contributed by atoms with Crippen LogP contribution in [0.3, 0.4) is 0 Å². The Labute approximate surface area is 188 Å². The van der Waals surface area contributed by atoms with E-state index < -0.39 is 8.07 Å². The summed E-state index contributed by atoms with van der Waals surface area (Å²) in [4.78, 5) is 24.8. The van der Waals surface area contributed by atoms with Crippen molar-refractivity contribution < 1.29 is 14.3 Å². The predicted molar refractivity (Wildman–Crippen MR) is 125 cm³/mol. The fourth-order valence-electron chi connectivity index (χ4n) is 3.32. The Morgan fingerprint density at radius 1 is 1.19 bits per heavy atom. The Balaban J connectivity index is 2.01. The standard InChI is InChI=1S/C22H29ClN4O3Si/c1-15-17-11-19(18-12-24-20(23)10-16(18)6-7-21(28)29-2)27(22(17)26-13-25-15)14-30-8-9-31(3,4)5/h10-13H,6-9,14H2,1-5H3. The highest BCUT2D eigenvalue weighted by Gasteiger charge is 2.19. The van der Waals surface area contributed by atoms with Crippen molar-refractivity contribution in [1.29, 1.82) is 0 Å². The molecule has 3 heterocycles. The van der Waals surface area contributed by atoms with Crippen LogP contribution in [0.5, 0.6) is 0 Å². The van der Waals surface area contributed by atoms with Gasteiger partial charge in [-0.2, -0.15) is 0 Å². The van der Waals surface area contributed by atoms with Crippen molar-refractivity contribution in [3.05, 3.63) is 41.1 Å². The summed E-state index contributed by atoms with van der Waals surface area (Å²) in [6.45, 7) is 10.0. The van der Waals surface area contributed by atoms with E-state index in [0.29, 0.717) is 24.9 Å². The Bertz CT molecular complexity index is 1080. The van der Waals surface area contributed by atoms with Gasteiger partial charge < -0.3 is 14.0 Å². The summed E-state index contributed by atoms with van der Waals surface area (Å²) in [5.74, 6) is -0.268. The number of aryl methyl sites for hydroxylation is 2. The number of esters is 1. The molecule has 0 amide bonds. The van der Waals surface area contributed by atoms with Crippen molar-refractivity contribution in [1.82, 2.24) is 19.5 Å². The van der Waals surface area contributed by atoms with E-state index in [1.807, 2.05) is 11.5 Å². The van der Waals surface area contributed by atoms with Gasteiger partial charge in [0.05, 0.1) is 18.5 Å². The summed E-state index contributed by atoms with van der Waals surface area (Å²) in [7, 11) is 0.201. The third kappa shape index (κ3) is 5.90. The molecule has 0 saturated carbocycles. The van der Waals surface area contributed by atoms with E-state index in [1.165, 1.54) is 7.11 Å². The monoisotopic (exact) mass is 460 g/mol. The number of hydrogen-bond donors (Lipinski definition) is 0. The Kier molecular flexibility index (Phi) is 7.45. The summed E-state index contributed by atoms with van der Waals surface area (Å²) in [5, 5.41) is 1.34. The molecule has 166 valence electrons. The zero-order valence-electron chi connectivity index (χ0n) is 18.7. The van der Waals surface area contributed by atoms with Gasteiger partial charge in [-0.25, -0.2) is 15.0 Å². The van der Waals surface area contributed by atoms with Crippen LogP contribution in [0.15, 0.2) is 24.7 Å². The summed E-state index contributed by atoms with van der Waals surface area (Å²) < 4.78 is 12.9. The minimum Gasteiger partial charge on any atom is -0.469 e. The number of rotatable bonds is 9. The molecule has 0 N–H and O–H groups in total. The second kappa shape index (κ2) is 9.89. The van der Waals surface area contributed by atoms with Gasteiger partial charge in [-0.3, -0.25) is 4.79 Å². The zero-order valence-corrected chi connectivity index (χ0v) is 20.5. The molecule has 0 saturated heterocycles. The number of carbonyl (C=O) groups excluding carboxylic acids is 1. The molecule has 9 heteroatoms. The number of nitrogens with zero attached hydrogens (tertiary/aromatic N) is 4. The highest BCUT2D eigenvalue weighted by molar-refractivity contribution is 6.76. The van der Waals surface area contributed by atoms with Gasteiger partial charge in [-0.15, -0.1) is 0 Å². The fourth-order valence-corrected chi connectivity index (χ4v) is 4.25. The molecule has 0 spiro atoms. The van der Waals surface area contributed by atoms with Gasteiger partial charge in [0, 0.05) is 38.2 Å². The van der Waals surface area contributed by atoms with Crippen molar-refractivity contribution in [3.63, 3.8) is 0 Å². The van der Waals surface area contributed by atoms with E-state index >= 15 is 0 Å². The normalized spacial score (nSPS) is 11.8. The highest BCUT2D eigenvalue weighted by atomic mass is 35.5. The first-order valence-electron chi connectivity index (χ1n) is 10.3. The minimum absolute atomic E-state index is 0.260. The maximum atomic E-state index is 11.7. The molecule has 0 aliphatic heterocycles. The smallest absolute Gasteiger partial charge is 0.305 e. The first-order chi connectivity index (χ1) is 14.7. The van der Waals surface area contributed by atoms with Gasteiger partial charge >= 0.3 is 5.97 Å². The first kappa shape index (κ1) is 23.4. The summed E-state index contributed by atoms with van der Waals surface area (Å²) in [6.07, 6.45) is 4.06. The van der Waals surface area contributed by atoms with Crippen LogP contribution < -0.4 is 0 Å². The van der Waals surface area contributed by atoms with Crippen molar-refractivity contribution >= 4 is 36.7 Å². The van der Waals surface area contributed by atoms with Crippen molar-refractivity contribution in [3.8, 4) is 11.3 Å². The molecule has 7 nitrogen and oxygen atoms in total. The average molecular weight is 461 g/mol. The Morgan fingerprint density at radius 2 is 1.97 bits per heavy atom. The first-order valence-corrected chi connectivity index (χ1v) is 14.4. The molecular weight excluding hydrogens is 432 g/mol. The van der Waals surface area contributed by atoms with E-state index in [0.717, 1.165) is 39.6 Å². The molecule has 0 radical (unpaired) electrons. The van der Waals surface area contributed by atoms with E-state index in [1.54, 1.807) is 18.6 Å². The van der Waals surface area contributed by atoms with Crippen molar-refractivity contribution in [2.24, 2.45) is 0 Å². The molecular formula is C22H29ClN4O3Si. The third-order valence-corrected chi connectivity index (χ3v) is 7.08. The number of aromatic nitrogens is 4. The van der Waals surface area contributed by atoms with Crippen LogP contribution in [-0.2, 0) is 27.4 Å². The van der Waals surface area contributed by atoms with Crippen LogP contribution in [0, 0.1) is 6.92 Å². The lowest BCUT2D eigenvalue weighted by Crippen LogP contribution is -2.22. The molecule has 3 aromatic rings. The minimum atomic E-state index is -1.19. The number of methoxy groups -OCH3 is 1. The Morgan fingerprint density at radius 3 is 2.68 bits per heavy atom. The average Bonchev–Trinajstić information content (AvgIpc) is 3.08. The van der Waals surface area contributed by atoms with Gasteiger partial charge in [0.2, 0.25) is 0 Å². The molecule has 0 atom stereocenters. The maximum Gasteiger partial charge on any atom is 0.305 e. The molecule has 3 rings (SSSR count). The van der Waals surface area contributed by atoms with Crippen LogP contribution in [0.4, 0.5) is 0 Å². The summed E-state index contributed by atoms with van der Waals surface area (Å²) in [5.41, 5.74) is 4.42. The van der Waals surface area contributed by atoms with Gasteiger partial charge in [0.25, 0.3) is 0 Å². The molecule has 0 bridgehead atoms. The number of hydrogen-bond acceptors (Lipinski definition) is 6. The Hall–Kier alpha value is -2.29. The lowest BCUT2D eigenvalue weighted by Gasteiger charge is -2.17. The predicted octanol–water partition coefficient (Wildman–Crippen LogP) is 4.87. The lowest BCUT2D eigenvalue weighted by molar-refractivity contribution is -0.140. The number of ether oxygens (including phenoxy) is 2. The van der Waals surface area contributed by atoms with Crippen LogP contribution in [-0.4, -0.2) is 47.3 Å². The SMILES string of the molecule is COC(=O)CCc1cc(Cl)ncc1-c1cc2c(C)ncnc2n1COCC[Si](C)(C)C. The zero-order chi connectivity index (χ0) is 22.6. The number of carbonyl (C=O) groups is 1. The summed E-state index contributed by atoms with van der Waals surface area (Å²) in [6, 6.07) is 4.94. The fraction of sp³-hybridized carbons (Fsp3) is 0.455. The molecule has 0 aromatic carbocycles. The van der Waals surface area contributed by atoms with Crippen LogP contribution in [0.2, 0.25) is 30.8 Å². The quantitative estimate of drug-likeness (QED) is 0.196. The molecule has 3 aromatic heterocycles. The number of fused-ring (bicyclic) bond motifs is 1. The van der Waals surface area contributed by atoms with Gasteiger partial charge in [0.1, 0.15) is 23.9 Å². The number of halogens is 1. The molecule has 0 aliphatic rings. The van der Waals surface area contributed by atoms with E-state index in [9.17, 15) is 4.79 Å². The third-order valence-electron chi connectivity index (χ3n) is 5.16. The van der Waals surface area contributed by atoms with E-state index in [2.05, 4.69) is 40.7 Å². The van der Waals surface area contributed by atoms with Gasteiger partial charge in [-0.1, -0.05) is 31.2 Å². The molecule has 0 unspecified atom stereocenters. The second-order valence-corrected chi connectivity index (χ2v) is 14.8. The number of pyridine rings is 1. The van der Waals surface area contributed by atoms with Crippen LogP contribution in [0.25, 0.3) is 22.3 Å². The van der Waals surface area contributed by atoms with Crippen LogP contribution >= 0.6 is 11.6 Å². The van der Waals surface area contributed by atoms with Gasteiger partial charge in [0.15, 0.2) is 0 Å². The lowest BCUT2D eigenvalue weighted by atomic mass is 10.0. The van der Waals surface area contributed by atoms with Crippen molar-refractivity contribution in [2.75, 3.05) is 13.7 Å². The van der Waals surface area contributed by atoms with E-state index in [-0.39, 0.29) is 12.4 Å². The van der Waals surface area contributed by atoms with Gasteiger partial charge in [-0.05, 0) is 37.1 Å². The molecule has 0 fully saturated rings. The van der Waals surface area contributed by atoms with Crippen LogP contribution in [0.1, 0.15) is 17.7 Å². The topological polar surface area (TPSA) is 79.1 Å². The second-order valence-electron chi connectivity index (χ2n) is 8.74. The maximum absolute atomic E-state index is 11.7.